The molecule has 18 heavy (non-hydrogen) atoms. The number of hydrogen-bond acceptors (Lipinski definition) is 2. The predicted molar refractivity (Wildman–Crippen MR) is 88.4 cm³/mol. The number of rotatable bonds is 8. The minimum absolute atomic E-state index is 0.789. The van der Waals surface area contributed by atoms with Gasteiger partial charge >= 0.3 is 0 Å². The third-order valence-electron chi connectivity index (χ3n) is 2.54. The molecular weight excluding hydrogens is 256 g/mol. The zero-order valence-corrected chi connectivity index (χ0v) is 13.7. The van der Waals surface area contributed by atoms with Crippen LogP contribution in [0.4, 0.5) is 0 Å². The van der Waals surface area contributed by atoms with E-state index in [2.05, 4.69) is 75.5 Å². The van der Waals surface area contributed by atoms with Crippen molar-refractivity contribution in [1.29, 1.82) is 0 Å². The normalized spacial score (nSPS) is 11.4. The Hall–Kier alpha value is -0.0800. The maximum absolute atomic E-state index is 2.29. The van der Waals surface area contributed by atoms with Crippen molar-refractivity contribution in [2.45, 2.75) is 39.2 Å². The van der Waals surface area contributed by atoms with Crippen molar-refractivity contribution in [2.24, 2.45) is 11.8 Å². The zero-order chi connectivity index (χ0) is 13.4. The van der Waals surface area contributed by atoms with Crippen LogP contribution in [0.15, 0.2) is 24.3 Å². The van der Waals surface area contributed by atoms with Gasteiger partial charge in [0.05, 0.1) is 0 Å². The molecule has 0 saturated heterocycles. The summed E-state index contributed by atoms with van der Waals surface area (Å²) in [4.78, 5) is 0. The Morgan fingerprint density at radius 3 is 1.50 bits per heavy atom. The second-order valence-electron chi connectivity index (χ2n) is 5.59. The van der Waals surface area contributed by atoms with E-state index in [1.807, 2.05) is 0 Å². The lowest BCUT2D eigenvalue weighted by Gasteiger charge is -2.11. The molecule has 1 aromatic rings. The first-order chi connectivity index (χ1) is 8.59. The maximum atomic E-state index is 2.29. The molecular formula is C16H26S2. The summed E-state index contributed by atoms with van der Waals surface area (Å²) in [6, 6.07) is 8.92. The van der Waals surface area contributed by atoms with Crippen molar-refractivity contribution in [3.63, 3.8) is 0 Å². The largest absolute Gasteiger partial charge is 0.157 e. The van der Waals surface area contributed by atoms with E-state index in [1.54, 1.807) is 0 Å². The molecule has 2 heteroatoms. The maximum Gasteiger partial charge on any atom is 0.0187 e. The quantitative estimate of drug-likeness (QED) is 0.620. The molecule has 0 atom stereocenters. The molecule has 0 aliphatic rings. The molecule has 0 aliphatic carbocycles. The minimum Gasteiger partial charge on any atom is -0.157 e. The highest BCUT2D eigenvalue weighted by Gasteiger charge is 2.04. The zero-order valence-electron chi connectivity index (χ0n) is 12.1. The Bertz CT molecular complexity index is 299. The Labute approximate surface area is 121 Å². The summed E-state index contributed by atoms with van der Waals surface area (Å²) >= 11 is 4.12. The van der Waals surface area contributed by atoms with E-state index in [4.69, 9.17) is 0 Å². The molecule has 0 radical (unpaired) electrons. The second kappa shape index (κ2) is 8.92. The van der Waals surface area contributed by atoms with Crippen molar-refractivity contribution in [3.05, 3.63) is 35.4 Å². The van der Waals surface area contributed by atoms with Crippen molar-refractivity contribution in [2.75, 3.05) is 11.5 Å². The lowest BCUT2D eigenvalue weighted by molar-refractivity contribution is 0.749. The molecule has 0 aliphatic heterocycles. The number of thioether (sulfide) groups is 2. The summed E-state index contributed by atoms with van der Waals surface area (Å²) in [6.45, 7) is 9.16. The molecule has 0 nitrogen and oxygen atoms in total. The number of hydrogen-bond donors (Lipinski definition) is 0. The van der Waals surface area contributed by atoms with Gasteiger partial charge in [0.1, 0.15) is 0 Å². The van der Waals surface area contributed by atoms with Crippen molar-refractivity contribution < 1.29 is 0 Å². The third-order valence-corrected chi connectivity index (χ3v) is 5.37. The summed E-state index contributed by atoms with van der Waals surface area (Å²) in [5, 5.41) is 0. The summed E-state index contributed by atoms with van der Waals surface area (Å²) in [5.74, 6) is 6.42. The summed E-state index contributed by atoms with van der Waals surface area (Å²) < 4.78 is 0. The van der Waals surface area contributed by atoms with E-state index in [-0.39, 0.29) is 0 Å². The van der Waals surface area contributed by atoms with Crippen LogP contribution in [0.25, 0.3) is 0 Å². The molecule has 0 N–H and O–H groups in total. The van der Waals surface area contributed by atoms with E-state index in [1.165, 1.54) is 22.6 Å². The van der Waals surface area contributed by atoms with E-state index in [0.29, 0.717) is 0 Å². The Morgan fingerprint density at radius 2 is 1.17 bits per heavy atom. The molecule has 0 spiro atoms. The van der Waals surface area contributed by atoms with Crippen molar-refractivity contribution in [1.82, 2.24) is 0 Å². The summed E-state index contributed by atoms with van der Waals surface area (Å²) in [5.41, 5.74) is 3.05. The average Bonchev–Trinajstić information content (AvgIpc) is 2.30. The van der Waals surface area contributed by atoms with E-state index in [9.17, 15) is 0 Å². The van der Waals surface area contributed by atoms with Gasteiger partial charge in [-0.15, -0.1) is 0 Å². The van der Waals surface area contributed by atoms with Gasteiger partial charge in [-0.25, -0.2) is 0 Å². The first kappa shape index (κ1) is 16.0. The molecule has 0 bridgehead atoms. The molecule has 0 amide bonds. The Kier molecular flexibility index (Phi) is 7.92. The molecule has 1 rings (SSSR count). The van der Waals surface area contributed by atoms with Gasteiger partial charge in [0, 0.05) is 11.5 Å². The lowest BCUT2D eigenvalue weighted by atomic mass is 10.1. The lowest BCUT2D eigenvalue weighted by Crippen LogP contribution is -1.96. The second-order valence-corrected chi connectivity index (χ2v) is 7.65. The Morgan fingerprint density at radius 1 is 0.778 bits per heavy atom. The van der Waals surface area contributed by atoms with Gasteiger partial charge in [-0.05, 0) is 34.5 Å². The average molecular weight is 283 g/mol. The van der Waals surface area contributed by atoms with Crippen LogP contribution in [0.3, 0.4) is 0 Å². The van der Waals surface area contributed by atoms with Gasteiger partial charge in [0.15, 0.2) is 0 Å². The van der Waals surface area contributed by atoms with E-state index in [0.717, 1.165) is 23.3 Å². The smallest absolute Gasteiger partial charge is 0.0187 e. The summed E-state index contributed by atoms with van der Waals surface area (Å²) in [6.07, 6.45) is 0. The molecule has 0 saturated carbocycles. The van der Waals surface area contributed by atoms with Gasteiger partial charge < -0.3 is 0 Å². The fraction of sp³-hybridized carbons (Fsp3) is 0.625. The van der Waals surface area contributed by atoms with E-state index < -0.39 is 0 Å². The fourth-order valence-corrected chi connectivity index (χ4v) is 3.83. The minimum atomic E-state index is 0.789. The van der Waals surface area contributed by atoms with Gasteiger partial charge in [-0.1, -0.05) is 52.0 Å². The predicted octanol–water partition coefficient (Wildman–Crippen LogP) is 5.47. The molecule has 1 aromatic carbocycles. The monoisotopic (exact) mass is 282 g/mol. The van der Waals surface area contributed by atoms with Crippen molar-refractivity contribution >= 4 is 23.5 Å². The first-order valence-corrected chi connectivity index (χ1v) is 9.12. The molecule has 0 aromatic heterocycles. The topological polar surface area (TPSA) is 0 Å². The third kappa shape index (κ3) is 6.75. The van der Waals surface area contributed by atoms with Crippen LogP contribution in [0.2, 0.25) is 0 Å². The molecule has 0 unspecified atom stereocenters. The highest BCUT2D eigenvalue weighted by Crippen LogP contribution is 2.23. The highest BCUT2D eigenvalue weighted by atomic mass is 32.2. The molecule has 0 heterocycles. The van der Waals surface area contributed by atoms with Gasteiger partial charge in [0.2, 0.25) is 0 Å². The highest BCUT2D eigenvalue weighted by molar-refractivity contribution is 7.98. The van der Waals surface area contributed by atoms with Gasteiger partial charge in [0.25, 0.3) is 0 Å². The van der Waals surface area contributed by atoms with E-state index >= 15 is 0 Å². The molecule has 102 valence electrons. The Balaban J connectivity index is 2.45. The van der Waals surface area contributed by atoms with Crippen LogP contribution in [-0.2, 0) is 11.5 Å². The SMILES string of the molecule is CC(C)CSCc1ccccc1CSCC(C)C. The van der Waals surface area contributed by atoms with Crippen molar-refractivity contribution in [3.8, 4) is 0 Å². The summed E-state index contributed by atoms with van der Waals surface area (Å²) in [7, 11) is 0. The standard InChI is InChI=1S/C16H26S2/c1-13(2)9-17-11-15-7-5-6-8-16(15)12-18-10-14(3)4/h5-8,13-14H,9-12H2,1-4H3. The fourth-order valence-electron chi connectivity index (χ4n) is 1.65. The number of benzene rings is 1. The van der Waals surface area contributed by atoms with Gasteiger partial charge in [-0.2, -0.15) is 23.5 Å². The molecule has 0 fully saturated rings. The van der Waals surface area contributed by atoms with Crippen LogP contribution in [0.1, 0.15) is 38.8 Å². The van der Waals surface area contributed by atoms with Crippen LogP contribution in [0.5, 0.6) is 0 Å². The van der Waals surface area contributed by atoms with Crippen LogP contribution >= 0.6 is 23.5 Å². The van der Waals surface area contributed by atoms with Gasteiger partial charge in [-0.3, -0.25) is 0 Å². The van der Waals surface area contributed by atoms with Crippen LogP contribution in [0, 0.1) is 11.8 Å². The van der Waals surface area contributed by atoms with Crippen LogP contribution in [-0.4, -0.2) is 11.5 Å². The van der Waals surface area contributed by atoms with Crippen LogP contribution < -0.4 is 0 Å². The first-order valence-electron chi connectivity index (χ1n) is 6.82.